The molecule has 0 amide bonds. The second kappa shape index (κ2) is 10.3. The third kappa shape index (κ3) is 5.57. The first-order valence-corrected chi connectivity index (χ1v) is 11.6. The molecule has 1 heterocycles. The van der Waals surface area contributed by atoms with E-state index in [1.165, 1.54) is 6.08 Å². The second-order valence-electron chi connectivity index (χ2n) is 7.21. The monoisotopic (exact) mass is 546 g/mol. The first-order chi connectivity index (χ1) is 14.4. The number of rotatable bonds is 4. The molecular weight excluding hydrogens is 528 g/mol. The number of carbonyl (C=O) groups is 1. The van der Waals surface area contributed by atoms with Gasteiger partial charge in [0.1, 0.15) is 16.6 Å². The standard InChI is InChI=1S/C23H20Br2N2O2S/c1-15-7-9-27(10-8-15)22(30)17-12-19(24)21(20(25)13-17)29-23(28)18(14-26)11-16-5-3-2-4-6-16/h2-6,11-13,15H,7-10H2,1H3/b18-11+. The van der Waals surface area contributed by atoms with E-state index in [0.717, 1.165) is 48.0 Å². The molecule has 0 atom stereocenters. The molecule has 0 radical (unpaired) electrons. The Hall–Kier alpha value is -2.01. The summed E-state index contributed by atoms with van der Waals surface area (Å²) >= 11 is 12.6. The van der Waals surface area contributed by atoms with Crippen molar-refractivity contribution in [2.45, 2.75) is 19.8 Å². The van der Waals surface area contributed by atoms with E-state index in [0.29, 0.717) is 14.7 Å². The number of halogens is 2. The van der Waals surface area contributed by atoms with Crippen LogP contribution in [0.15, 0.2) is 57.0 Å². The van der Waals surface area contributed by atoms with E-state index in [2.05, 4.69) is 43.7 Å². The van der Waals surface area contributed by atoms with Gasteiger partial charge in [-0.1, -0.05) is 49.5 Å². The van der Waals surface area contributed by atoms with Gasteiger partial charge in [0, 0.05) is 18.7 Å². The molecule has 0 unspecified atom stereocenters. The molecule has 0 spiro atoms. The van der Waals surface area contributed by atoms with Crippen LogP contribution in [0.2, 0.25) is 0 Å². The van der Waals surface area contributed by atoms with E-state index >= 15 is 0 Å². The third-order valence-electron chi connectivity index (χ3n) is 4.96. The zero-order valence-electron chi connectivity index (χ0n) is 16.4. The minimum atomic E-state index is -0.719. The maximum absolute atomic E-state index is 12.6. The van der Waals surface area contributed by atoms with Crippen molar-refractivity contribution in [1.82, 2.24) is 4.90 Å². The predicted octanol–water partition coefficient (Wildman–Crippen LogP) is 6.13. The Balaban J connectivity index is 1.78. The molecule has 3 rings (SSSR count). The smallest absolute Gasteiger partial charge is 0.354 e. The minimum Gasteiger partial charge on any atom is -0.420 e. The number of piperidine rings is 1. The van der Waals surface area contributed by atoms with Gasteiger partial charge >= 0.3 is 5.97 Å². The highest BCUT2D eigenvalue weighted by Gasteiger charge is 2.22. The number of nitriles is 1. The largest absolute Gasteiger partial charge is 0.420 e. The van der Waals surface area contributed by atoms with Crippen LogP contribution >= 0.6 is 44.1 Å². The van der Waals surface area contributed by atoms with Crippen LogP contribution in [-0.2, 0) is 4.79 Å². The molecule has 2 aromatic carbocycles. The fraction of sp³-hybridized carbons (Fsp3) is 0.261. The summed E-state index contributed by atoms with van der Waals surface area (Å²) in [6.07, 6.45) is 3.76. The van der Waals surface area contributed by atoms with Gasteiger partial charge < -0.3 is 9.64 Å². The van der Waals surface area contributed by atoms with E-state index in [-0.39, 0.29) is 5.57 Å². The first kappa shape index (κ1) is 22.7. The number of benzene rings is 2. The van der Waals surface area contributed by atoms with Crippen molar-refractivity contribution in [3.05, 3.63) is 68.1 Å². The topological polar surface area (TPSA) is 53.3 Å². The molecule has 1 aliphatic rings. The fourth-order valence-electron chi connectivity index (χ4n) is 3.18. The van der Waals surface area contributed by atoms with E-state index in [1.807, 2.05) is 48.5 Å². The summed E-state index contributed by atoms with van der Waals surface area (Å²) in [6, 6.07) is 14.8. The van der Waals surface area contributed by atoms with E-state index in [9.17, 15) is 10.1 Å². The Morgan fingerprint density at radius 2 is 1.80 bits per heavy atom. The number of hydrogen-bond donors (Lipinski definition) is 0. The highest BCUT2D eigenvalue weighted by atomic mass is 79.9. The van der Waals surface area contributed by atoms with Crippen molar-refractivity contribution in [3.8, 4) is 11.8 Å². The normalized spacial score (nSPS) is 14.9. The lowest BCUT2D eigenvalue weighted by molar-refractivity contribution is -0.129. The van der Waals surface area contributed by atoms with Gasteiger partial charge in [0.15, 0.2) is 5.75 Å². The van der Waals surface area contributed by atoms with Crippen LogP contribution in [0.25, 0.3) is 6.08 Å². The molecule has 30 heavy (non-hydrogen) atoms. The summed E-state index contributed by atoms with van der Waals surface area (Å²) in [4.78, 5) is 15.6. The van der Waals surface area contributed by atoms with Crippen molar-refractivity contribution in [1.29, 1.82) is 5.26 Å². The molecule has 1 fully saturated rings. The van der Waals surface area contributed by atoms with Gasteiger partial charge in [-0.2, -0.15) is 5.26 Å². The van der Waals surface area contributed by atoms with Gasteiger partial charge in [-0.3, -0.25) is 0 Å². The van der Waals surface area contributed by atoms with Gasteiger partial charge in [0.25, 0.3) is 0 Å². The molecule has 154 valence electrons. The van der Waals surface area contributed by atoms with Crippen LogP contribution in [-0.4, -0.2) is 28.9 Å². The summed E-state index contributed by atoms with van der Waals surface area (Å²) in [5.74, 6) is 0.318. The SMILES string of the molecule is CC1CCN(C(=S)c2cc(Br)c(OC(=O)/C(C#N)=C/c3ccccc3)c(Br)c2)CC1. The van der Waals surface area contributed by atoms with Crippen LogP contribution in [0.4, 0.5) is 0 Å². The number of nitrogens with zero attached hydrogens (tertiary/aromatic N) is 2. The molecule has 1 saturated heterocycles. The van der Waals surface area contributed by atoms with Crippen molar-refractivity contribution in [3.63, 3.8) is 0 Å². The quantitative estimate of drug-likeness (QED) is 0.151. The van der Waals surface area contributed by atoms with E-state index in [1.54, 1.807) is 0 Å². The average Bonchev–Trinajstić information content (AvgIpc) is 2.75. The Kier molecular flexibility index (Phi) is 7.81. The Morgan fingerprint density at radius 1 is 1.20 bits per heavy atom. The van der Waals surface area contributed by atoms with Crippen LogP contribution in [0.3, 0.4) is 0 Å². The number of likely N-dealkylation sites (tertiary alicyclic amines) is 1. The highest BCUT2D eigenvalue weighted by Crippen LogP contribution is 2.36. The molecule has 0 aliphatic carbocycles. The second-order valence-corrected chi connectivity index (χ2v) is 9.31. The zero-order valence-corrected chi connectivity index (χ0v) is 20.4. The average molecular weight is 548 g/mol. The fourth-order valence-corrected chi connectivity index (χ4v) is 4.82. The van der Waals surface area contributed by atoms with E-state index in [4.69, 9.17) is 17.0 Å². The van der Waals surface area contributed by atoms with Gasteiger partial charge in [-0.05, 0) is 74.4 Å². The van der Waals surface area contributed by atoms with Crippen LogP contribution in [0.5, 0.6) is 5.75 Å². The van der Waals surface area contributed by atoms with Crippen molar-refractivity contribution >= 4 is 61.1 Å². The van der Waals surface area contributed by atoms with Gasteiger partial charge in [0.2, 0.25) is 0 Å². The lowest BCUT2D eigenvalue weighted by Crippen LogP contribution is -2.37. The summed E-state index contributed by atoms with van der Waals surface area (Å²) in [7, 11) is 0. The van der Waals surface area contributed by atoms with Crippen molar-refractivity contribution in [2.24, 2.45) is 5.92 Å². The molecule has 0 saturated carbocycles. The van der Waals surface area contributed by atoms with Crippen LogP contribution < -0.4 is 4.74 Å². The molecule has 0 N–H and O–H groups in total. The molecule has 4 nitrogen and oxygen atoms in total. The number of ether oxygens (including phenoxy) is 1. The Bertz CT molecular complexity index is 1000. The number of esters is 1. The van der Waals surface area contributed by atoms with Gasteiger partial charge in [-0.25, -0.2) is 4.79 Å². The van der Waals surface area contributed by atoms with Crippen LogP contribution in [0, 0.1) is 17.2 Å². The Labute approximate surface area is 198 Å². The van der Waals surface area contributed by atoms with Crippen molar-refractivity contribution in [2.75, 3.05) is 13.1 Å². The molecular formula is C23H20Br2N2O2S. The van der Waals surface area contributed by atoms with Gasteiger partial charge in [-0.15, -0.1) is 0 Å². The number of carbonyl (C=O) groups excluding carboxylic acids is 1. The molecule has 1 aliphatic heterocycles. The Morgan fingerprint density at radius 3 is 2.37 bits per heavy atom. The lowest BCUT2D eigenvalue weighted by atomic mass is 9.99. The summed E-state index contributed by atoms with van der Waals surface area (Å²) in [5.41, 5.74) is 1.54. The number of thiocarbonyl (C=S) groups is 1. The number of hydrogen-bond acceptors (Lipinski definition) is 4. The van der Waals surface area contributed by atoms with Gasteiger partial charge in [0.05, 0.1) is 8.95 Å². The van der Waals surface area contributed by atoms with Crippen LogP contribution in [0.1, 0.15) is 30.9 Å². The third-order valence-corrected chi connectivity index (χ3v) is 6.63. The zero-order chi connectivity index (χ0) is 21.7. The molecule has 2 aromatic rings. The van der Waals surface area contributed by atoms with Crippen molar-refractivity contribution < 1.29 is 9.53 Å². The lowest BCUT2D eigenvalue weighted by Gasteiger charge is -2.32. The predicted molar refractivity (Wildman–Crippen MR) is 129 cm³/mol. The molecule has 7 heteroatoms. The molecule has 0 aromatic heterocycles. The van der Waals surface area contributed by atoms with E-state index < -0.39 is 5.97 Å². The maximum Gasteiger partial charge on any atom is 0.354 e. The maximum atomic E-state index is 12.6. The summed E-state index contributed by atoms with van der Waals surface area (Å²) in [6.45, 7) is 4.15. The minimum absolute atomic E-state index is 0.0815. The molecule has 0 bridgehead atoms. The highest BCUT2D eigenvalue weighted by molar-refractivity contribution is 9.11. The summed E-state index contributed by atoms with van der Waals surface area (Å²) in [5, 5.41) is 9.39. The summed E-state index contributed by atoms with van der Waals surface area (Å²) < 4.78 is 6.69. The first-order valence-electron chi connectivity index (χ1n) is 9.56.